The molecule has 1 rings (SSSR count). The first-order valence-electron chi connectivity index (χ1n) is 5.68. The van der Waals surface area contributed by atoms with E-state index in [2.05, 4.69) is 6.92 Å². The topological polar surface area (TPSA) is 44.5 Å². The molecule has 0 bridgehead atoms. The first-order chi connectivity index (χ1) is 7.76. The number of ether oxygens (including phenoxy) is 2. The highest BCUT2D eigenvalue weighted by Crippen LogP contribution is 2.33. The van der Waals surface area contributed by atoms with Crippen LogP contribution in [0.2, 0.25) is 0 Å². The first-order valence-corrected chi connectivity index (χ1v) is 5.68. The Labute approximate surface area is 97.6 Å². The third kappa shape index (κ3) is 2.89. The fourth-order valence-electron chi connectivity index (χ4n) is 1.94. The van der Waals surface area contributed by atoms with Crippen LogP contribution in [0.4, 0.5) is 0 Å². The van der Waals surface area contributed by atoms with Crippen LogP contribution in [0.5, 0.6) is 11.5 Å². The van der Waals surface area contributed by atoms with Crippen molar-refractivity contribution in [2.45, 2.75) is 25.7 Å². The van der Waals surface area contributed by atoms with E-state index in [-0.39, 0.29) is 0 Å². The van der Waals surface area contributed by atoms with Crippen molar-refractivity contribution in [3.63, 3.8) is 0 Å². The van der Waals surface area contributed by atoms with Gasteiger partial charge in [0, 0.05) is 5.56 Å². The predicted octanol–water partition coefficient (Wildman–Crippen LogP) is 2.55. The molecular formula is C13H21NO2. The molecule has 1 aromatic carbocycles. The van der Waals surface area contributed by atoms with Crippen molar-refractivity contribution in [2.75, 3.05) is 20.8 Å². The minimum Gasteiger partial charge on any atom is -0.497 e. The summed E-state index contributed by atoms with van der Waals surface area (Å²) in [6.07, 6.45) is 2.03. The molecule has 16 heavy (non-hydrogen) atoms. The van der Waals surface area contributed by atoms with E-state index in [1.165, 1.54) is 5.56 Å². The van der Waals surface area contributed by atoms with Crippen LogP contribution in [-0.4, -0.2) is 20.8 Å². The molecular weight excluding hydrogens is 202 g/mol. The third-order valence-corrected chi connectivity index (χ3v) is 2.88. The molecule has 0 aromatic heterocycles. The monoisotopic (exact) mass is 223 g/mol. The number of benzene rings is 1. The van der Waals surface area contributed by atoms with Gasteiger partial charge in [-0.25, -0.2) is 0 Å². The van der Waals surface area contributed by atoms with E-state index in [9.17, 15) is 0 Å². The van der Waals surface area contributed by atoms with E-state index in [1.807, 2.05) is 18.2 Å². The Kier molecular flexibility index (Phi) is 5.12. The minimum atomic E-state index is 0.440. The van der Waals surface area contributed by atoms with Gasteiger partial charge in [-0.05, 0) is 43.5 Å². The zero-order valence-electron chi connectivity index (χ0n) is 10.3. The Morgan fingerprint density at radius 1 is 1.25 bits per heavy atom. The van der Waals surface area contributed by atoms with Crippen molar-refractivity contribution in [1.29, 1.82) is 0 Å². The van der Waals surface area contributed by atoms with Crippen LogP contribution < -0.4 is 15.2 Å². The van der Waals surface area contributed by atoms with E-state index in [1.54, 1.807) is 14.2 Å². The van der Waals surface area contributed by atoms with Crippen LogP contribution in [-0.2, 0) is 0 Å². The van der Waals surface area contributed by atoms with Gasteiger partial charge in [0.2, 0.25) is 0 Å². The molecule has 0 spiro atoms. The molecule has 0 saturated carbocycles. The average molecular weight is 223 g/mol. The van der Waals surface area contributed by atoms with Crippen LogP contribution in [0.1, 0.15) is 31.2 Å². The average Bonchev–Trinajstić information content (AvgIpc) is 2.35. The molecule has 0 saturated heterocycles. The lowest BCUT2D eigenvalue weighted by Crippen LogP contribution is -2.08. The van der Waals surface area contributed by atoms with Gasteiger partial charge in [-0.3, -0.25) is 0 Å². The van der Waals surface area contributed by atoms with Crippen LogP contribution in [0.25, 0.3) is 0 Å². The molecule has 90 valence electrons. The summed E-state index contributed by atoms with van der Waals surface area (Å²) in [7, 11) is 3.37. The Bertz CT molecular complexity index is 326. The summed E-state index contributed by atoms with van der Waals surface area (Å²) < 4.78 is 10.6. The second-order valence-electron chi connectivity index (χ2n) is 3.79. The number of hydrogen-bond acceptors (Lipinski definition) is 3. The van der Waals surface area contributed by atoms with Crippen LogP contribution >= 0.6 is 0 Å². The smallest absolute Gasteiger partial charge is 0.122 e. The third-order valence-electron chi connectivity index (χ3n) is 2.88. The van der Waals surface area contributed by atoms with Gasteiger partial charge in [-0.2, -0.15) is 0 Å². The fraction of sp³-hybridized carbons (Fsp3) is 0.538. The van der Waals surface area contributed by atoms with Gasteiger partial charge in [0.05, 0.1) is 14.2 Å². The lowest BCUT2D eigenvalue weighted by Gasteiger charge is -2.18. The van der Waals surface area contributed by atoms with Crippen LogP contribution in [0.3, 0.4) is 0 Å². The standard InChI is InChI=1S/C13H21NO2/c1-4-10(7-8-14)12-9-11(15-2)5-6-13(12)16-3/h5-6,9-10H,4,7-8,14H2,1-3H3. The van der Waals surface area contributed by atoms with Gasteiger partial charge in [0.1, 0.15) is 11.5 Å². The van der Waals surface area contributed by atoms with Crippen molar-refractivity contribution in [1.82, 2.24) is 0 Å². The molecule has 0 amide bonds. The largest absolute Gasteiger partial charge is 0.497 e. The maximum absolute atomic E-state index is 5.63. The van der Waals surface area contributed by atoms with E-state index < -0.39 is 0 Å². The first kappa shape index (κ1) is 12.8. The van der Waals surface area contributed by atoms with Gasteiger partial charge in [0.25, 0.3) is 0 Å². The number of methoxy groups -OCH3 is 2. The Hall–Kier alpha value is -1.22. The van der Waals surface area contributed by atoms with E-state index >= 15 is 0 Å². The van der Waals surface area contributed by atoms with Crippen LogP contribution in [0, 0.1) is 0 Å². The quantitative estimate of drug-likeness (QED) is 0.806. The predicted molar refractivity (Wildman–Crippen MR) is 66.2 cm³/mol. The normalized spacial score (nSPS) is 12.2. The minimum absolute atomic E-state index is 0.440. The number of rotatable bonds is 6. The second kappa shape index (κ2) is 6.38. The molecule has 0 aliphatic rings. The molecule has 1 aromatic rings. The molecule has 0 aliphatic carbocycles. The van der Waals surface area contributed by atoms with E-state index in [0.29, 0.717) is 12.5 Å². The summed E-state index contributed by atoms with van der Waals surface area (Å²) >= 11 is 0. The van der Waals surface area contributed by atoms with Gasteiger partial charge in [0.15, 0.2) is 0 Å². The molecule has 3 heteroatoms. The fourth-order valence-corrected chi connectivity index (χ4v) is 1.94. The Morgan fingerprint density at radius 3 is 2.50 bits per heavy atom. The highest BCUT2D eigenvalue weighted by molar-refractivity contribution is 5.42. The molecule has 0 fully saturated rings. The molecule has 1 unspecified atom stereocenters. The van der Waals surface area contributed by atoms with Gasteiger partial charge >= 0.3 is 0 Å². The van der Waals surface area contributed by atoms with Crippen molar-refractivity contribution < 1.29 is 9.47 Å². The number of hydrogen-bond donors (Lipinski definition) is 1. The summed E-state index contributed by atoms with van der Waals surface area (Å²) in [6.45, 7) is 2.86. The molecule has 2 N–H and O–H groups in total. The zero-order chi connectivity index (χ0) is 12.0. The summed E-state index contributed by atoms with van der Waals surface area (Å²) in [5.74, 6) is 2.22. The molecule has 0 radical (unpaired) electrons. The summed E-state index contributed by atoms with van der Waals surface area (Å²) in [4.78, 5) is 0. The van der Waals surface area contributed by atoms with Gasteiger partial charge < -0.3 is 15.2 Å². The zero-order valence-corrected chi connectivity index (χ0v) is 10.3. The van der Waals surface area contributed by atoms with Crippen molar-refractivity contribution >= 4 is 0 Å². The number of nitrogens with two attached hydrogens (primary N) is 1. The highest BCUT2D eigenvalue weighted by Gasteiger charge is 2.14. The SMILES string of the molecule is CCC(CCN)c1cc(OC)ccc1OC. The Morgan fingerprint density at radius 2 is 2.00 bits per heavy atom. The molecule has 0 heterocycles. The van der Waals surface area contributed by atoms with Gasteiger partial charge in [-0.15, -0.1) is 0 Å². The summed E-state index contributed by atoms with van der Waals surface area (Å²) in [6, 6.07) is 5.91. The van der Waals surface area contributed by atoms with E-state index in [0.717, 1.165) is 24.3 Å². The lowest BCUT2D eigenvalue weighted by atomic mass is 9.92. The Balaban J connectivity index is 3.05. The van der Waals surface area contributed by atoms with Crippen molar-refractivity contribution in [3.8, 4) is 11.5 Å². The van der Waals surface area contributed by atoms with E-state index in [4.69, 9.17) is 15.2 Å². The molecule has 3 nitrogen and oxygen atoms in total. The maximum Gasteiger partial charge on any atom is 0.122 e. The van der Waals surface area contributed by atoms with Gasteiger partial charge in [-0.1, -0.05) is 6.92 Å². The molecule has 0 aliphatic heterocycles. The summed E-state index contributed by atoms with van der Waals surface area (Å²) in [5.41, 5.74) is 6.82. The summed E-state index contributed by atoms with van der Waals surface area (Å²) in [5, 5.41) is 0. The van der Waals surface area contributed by atoms with Crippen molar-refractivity contribution in [3.05, 3.63) is 23.8 Å². The lowest BCUT2D eigenvalue weighted by molar-refractivity contribution is 0.393. The molecule has 1 atom stereocenters. The highest BCUT2D eigenvalue weighted by atomic mass is 16.5. The second-order valence-corrected chi connectivity index (χ2v) is 3.79. The maximum atomic E-state index is 5.63. The van der Waals surface area contributed by atoms with Crippen molar-refractivity contribution in [2.24, 2.45) is 5.73 Å². The van der Waals surface area contributed by atoms with Crippen LogP contribution in [0.15, 0.2) is 18.2 Å².